The van der Waals surface area contributed by atoms with Gasteiger partial charge in [0.05, 0.1) is 5.56 Å². The van der Waals surface area contributed by atoms with E-state index in [2.05, 4.69) is 5.32 Å². The van der Waals surface area contributed by atoms with Crippen LogP contribution >= 0.6 is 0 Å². The van der Waals surface area contributed by atoms with Crippen molar-refractivity contribution in [3.8, 4) is 5.75 Å². The van der Waals surface area contributed by atoms with Crippen molar-refractivity contribution in [1.29, 1.82) is 0 Å². The molecule has 92 valence electrons. The van der Waals surface area contributed by atoms with Crippen molar-refractivity contribution in [1.82, 2.24) is 5.32 Å². The number of hydrogen-bond acceptors (Lipinski definition) is 2. The van der Waals surface area contributed by atoms with Crippen LogP contribution in [0.4, 0.5) is 4.39 Å². The van der Waals surface area contributed by atoms with Gasteiger partial charge in [0.25, 0.3) is 5.91 Å². The number of phenols is 1. The normalized spacial score (nSPS) is 17.3. The average Bonchev–Trinajstić information content (AvgIpc) is 2.13. The first-order chi connectivity index (χ1) is 8.08. The number of amides is 1. The van der Waals surface area contributed by atoms with Crippen molar-refractivity contribution >= 4 is 5.91 Å². The van der Waals surface area contributed by atoms with Crippen LogP contribution < -0.4 is 5.32 Å². The van der Waals surface area contributed by atoms with Crippen molar-refractivity contribution < 1.29 is 14.3 Å². The number of aromatic hydroxyl groups is 1. The Morgan fingerprint density at radius 1 is 1.53 bits per heavy atom. The molecule has 4 heteroatoms. The molecule has 0 spiro atoms. The number of halogens is 1. The molecule has 1 aliphatic carbocycles. The molecule has 1 atom stereocenters. The van der Waals surface area contributed by atoms with Gasteiger partial charge >= 0.3 is 0 Å². The van der Waals surface area contributed by atoms with E-state index in [4.69, 9.17) is 5.11 Å². The van der Waals surface area contributed by atoms with Gasteiger partial charge in [0.1, 0.15) is 11.6 Å². The second-order valence-electron chi connectivity index (χ2n) is 4.62. The van der Waals surface area contributed by atoms with Gasteiger partial charge in [0, 0.05) is 12.1 Å². The maximum absolute atomic E-state index is 13.4. The Morgan fingerprint density at radius 3 is 2.76 bits per heavy atom. The van der Waals surface area contributed by atoms with Crippen molar-refractivity contribution in [2.45, 2.75) is 32.2 Å². The molecule has 0 aromatic heterocycles. The van der Waals surface area contributed by atoms with Crippen LogP contribution in [0.2, 0.25) is 0 Å². The van der Waals surface area contributed by atoms with Gasteiger partial charge in [0.2, 0.25) is 0 Å². The molecule has 0 heterocycles. The molecular formula is C13H16FNO2. The molecule has 1 amide bonds. The van der Waals surface area contributed by atoms with E-state index >= 15 is 0 Å². The number of rotatable bonds is 3. The van der Waals surface area contributed by atoms with E-state index in [-0.39, 0.29) is 17.4 Å². The van der Waals surface area contributed by atoms with Crippen LogP contribution in [0, 0.1) is 11.7 Å². The highest BCUT2D eigenvalue weighted by molar-refractivity contribution is 5.94. The van der Waals surface area contributed by atoms with E-state index in [1.165, 1.54) is 18.6 Å². The SMILES string of the molecule is C[C@@H](NC(=O)c1ccc(O)cc1F)C1CCC1. The lowest BCUT2D eigenvalue weighted by molar-refractivity contribution is 0.0905. The standard InChI is InChI=1S/C13H16FNO2/c1-8(9-3-2-4-9)15-13(17)11-6-5-10(16)7-12(11)14/h5-9,16H,2-4H2,1H3,(H,15,17)/t8-/m1/s1. The van der Waals surface area contributed by atoms with Gasteiger partial charge in [-0.1, -0.05) is 6.42 Å². The average molecular weight is 237 g/mol. The summed E-state index contributed by atoms with van der Waals surface area (Å²) in [4.78, 5) is 11.8. The van der Waals surface area contributed by atoms with Crippen LogP contribution in [-0.4, -0.2) is 17.1 Å². The van der Waals surface area contributed by atoms with E-state index in [1.54, 1.807) is 0 Å². The third-order valence-electron chi connectivity index (χ3n) is 3.41. The number of benzene rings is 1. The molecule has 17 heavy (non-hydrogen) atoms. The van der Waals surface area contributed by atoms with Gasteiger partial charge in [-0.05, 0) is 37.8 Å². The largest absolute Gasteiger partial charge is 0.508 e. The zero-order chi connectivity index (χ0) is 12.4. The zero-order valence-electron chi connectivity index (χ0n) is 9.74. The van der Waals surface area contributed by atoms with E-state index < -0.39 is 11.7 Å². The summed E-state index contributed by atoms with van der Waals surface area (Å²) in [6.07, 6.45) is 3.46. The van der Waals surface area contributed by atoms with Crippen LogP contribution in [0.3, 0.4) is 0 Å². The van der Waals surface area contributed by atoms with Gasteiger partial charge < -0.3 is 10.4 Å². The number of hydrogen-bond donors (Lipinski definition) is 2. The first kappa shape index (κ1) is 11.9. The van der Waals surface area contributed by atoms with Gasteiger partial charge in [-0.25, -0.2) is 4.39 Å². The summed E-state index contributed by atoms with van der Waals surface area (Å²) in [5.41, 5.74) is -0.0195. The molecule has 3 nitrogen and oxygen atoms in total. The summed E-state index contributed by atoms with van der Waals surface area (Å²) >= 11 is 0. The lowest BCUT2D eigenvalue weighted by atomic mass is 9.80. The summed E-state index contributed by atoms with van der Waals surface area (Å²) in [6, 6.07) is 3.63. The smallest absolute Gasteiger partial charge is 0.254 e. The van der Waals surface area contributed by atoms with Crippen molar-refractivity contribution in [2.24, 2.45) is 5.92 Å². The monoisotopic (exact) mass is 237 g/mol. The highest BCUT2D eigenvalue weighted by atomic mass is 19.1. The maximum Gasteiger partial charge on any atom is 0.254 e. The van der Waals surface area contributed by atoms with Crippen molar-refractivity contribution in [3.05, 3.63) is 29.6 Å². The summed E-state index contributed by atoms with van der Waals surface area (Å²) in [7, 11) is 0. The molecule has 2 rings (SSSR count). The topological polar surface area (TPSA) is 49.3 Å². The number of carbonyl (C=O) groups is 1. The minimum atomic E-state index is -0.691. The van der Waals surface area contributed by atoms with Gasteiger partial charge in [0.15, 0.2) is 0 Å². The predicted molar refractivity (Wildman–Crippen MR) is 62.3 cm³/mol. The van der Waals surface area contributed by atoms with E-state index in [0.29, 0.717) is 5.92 Å². The maximum atomic E-state index is 13.4. The van der Waals surface area contributed by atoms with Gasteiger partial charge in [-0.15, -0.1) is 0 Å². The first-order valence-electron chi connectivity index (χ1n) is 5.87. The summed E-state index contributed by atoms with van der Waals surface area (Å²) < 4.78 is 13.4. The molecule has 0 radical (unpaired) electrons. The van der Waals surface area contributed by atoms with E-state index in [9.17, 15) is 9.18 Å². The molecular weight excluding hydrogens is 221 g/mol. The molecule has 2 N–H and O–H groups in total. The fourth-order valence-corrected chi connectivity index (χ4v) is 2.03. The van der Waals surface area contributed by atoms with Crippen LogP contribution in [0.15, 0.2) is 18.2 Å². The fourth-order valence-electron chi connectivity index (χ4n) is 2.03. The third kappa shape index (κ3) is 2.57. The zero-order valence-corrected chi connectivity index (χ0v) is 9.74. The predicted octanol–water partition coefficient (Wildman–Crippen LogP) is 2.45. The molecule has 1 fully saturated rings. The van der Waals surface area contributed by atoms with E-state index in [1.807, 2.05) is 6.92 Å². The molecule has 1 aromatic carbocycles. The Bertz CT molecular complexity index is 429. The summed E-state index contributed by atoms with van der Waals surface area (Å²) in [6.45, 7) is 1.94. The minimum Gasteiger partial charge on any atom is -0.508 e. The molecule has 0 saturated heterocycles. The lowest BCUT2D eigenvalue weighted by Crippen LogP contribution is -2.40. The van der Waals surface area contributed by atoms with Gasteiger partial charge in [-0.3, -0.25) is 4.79 Å². The Labute approximate surface area is 99.7 Å². The highest BCUT2D eigenvalue weighted by Gasteiger charge is 2.25. The quantitative estimate of drug-likeness (QED) is 0.848. The van der Waals surface area contributed by atoms with Crippen LogP contribution in [0.1, 0.15) is 36.5 Å². The molecule has 0 bridgehead atoms. The molecule has 0 unspecified atom stereocenters. The molecule has 1 aromatic rings. The highest BCUT2D eigenvalue weighted by Crippen LogP contribution is 2.29. The first-order valence-corrected chi connectivity index (χ1v) is 5.87. The van der Waals surface area contributed by atoms with Gasteiger partial charge in [-0.2, -0.15) is 0 Å². The van der Waals surface area contributed by atoms with Crippen LogP contribution in [0.5, 0.6) is 5.75 Å². The molecule has 1 aliphatic rings. The van der Waals surface area contributed by atoms with Crippen LogP contribution in [-0.2, 0) is 0 Å². The van der Waals surface area contributed by atoms with Crippen LogP contribution in [0.25, 0.3) is 0 Å². The summed E-state index contributed by atoms with van der Waals surface area (Å²) in [5.74, 6) is -0.768. The second kappa shape index (κ2) is 4.73. The fraction of sp³-hybridized carbons (Fsp3) is 0.462. The summed E-state index contributed by atoms with van der Waals surface area (Å²) in [5, 5.41) is 11.9. The number of phenolic OH excluding ortho intramolecular Hbond substituents is 1. The Kier molecular flexibility index (Phi) is 3.31. The van der Waals surface area contributed by atoms with Crippen molar-refractivity contribution in [2.75, 3.05) is 0 Å². The Hall–Kier alpha value is -1.58. The Morgan fingerprint density at radius 2 is 2.24 bits per heavy atom. The molecule has 1 saturated carbocycles. The number of nitrogens with one attached hydrogen (secondary N) is 1. The third-order valence-corrected chi connectivity index (χ3v) is 3.41. The lowest BCUT2D eigenvalue weighted by Gasteiger charge is -2.31. The van der Waals surface area contributed by atoms with Crippen molar-refractivity contribution in [3.63, 3.8) is 0 Å². The molecule has 0 aliphatic heterocycles. The second-order valence-corrected chi connectivity index (χ2v) is 4.62. The number of carbonyl (C=O) groups excluding carboxylic acids is 1. The Balaban J connectivity index is 2.03. The minimum absolute atomic E-state index is 0.0195. The van der Waals surface area contributed by atoms with E-state index in [0.717, 1.165) is 18.9 Å².